The standard InChI is InChI=1S/C29H30BBrN2O4/c1-28(2)29(3,4)37-30(36-28)19(15-21-14-13-20(31)17-32-21)16-33-27(34)35-18-26-24-11-7-5-9-22(24)23-10-6-8-12-25(23)26/h5-15,17,26H,16,18H2,1-4H3,(H,33,34). The number of nitrogens with one attached hydrogen (secondary N) is 1. The monoisotopic (exact) mass is 560 g/mol. The molecule has 0 saturated carbocycles. The van der Waals surface area contributed by atoms with Crippen molar-refractivity contribution in [1.82, 2.24) is 10.3 Å². The van der Waals surface area contributed by atoms with Crippen molar-refractivity contribution in [3.63, 3.8) is 0 Å². The van der Waals surface area contributed by atoms with Crippen LogP contribution in [0, 0.1) is 0 Å². The first-order valence-electron chi connectivity index (χ1n) is 12.4. The zero-order chi connectivity index (χ0) is 26.2. The zero-order valence-corrected chi connectivity index (χ0v) is 23.0. The number of hydrogen-bond donors (Lipinski definition) is 1. The van der Waals surface area contributed by atoms with E-state index in [2.05, 4.69) is 50.5 Å². The van der Waals surface area contributed by atoms with Gasteiger partial charge in [-0.05, 0) is 89.6 Å². The number of benzene rings is 2. The molecule has 0 spiro atoms. The predicted octanol–water partition coefficient (Wildman–Crippen LogP) is 6.40. The summed E-state index contributed by atoms with van der Waals surface area (Å²) in [6.45, 7) is 8.46. The summed E-state index contributed by atoms with van der Waals surface area (Å²) in [6, 6.07) is 20.4. The van der Waals surface area contributed by atoms with Crippen LogP contribution in [0.1, 0.15) is 50.4 Å². The van der Waals surface area contributed by atoms with E-state index < -0.39 is 24.4 Å². The van der Waals surface area contributed by atoms with Crippen molar-refractivity contribution in [2.75, 3.05) is 13.2 Å². The highest BCUT2D eigenvalue weighted by molar-refractivity contribution is 9.10. The molecule has 37 heavy (non-hydrogen) atoms. The Labute approximate surface area is 226 Å². The largest absolute Gasteiger partial charge is 0.492 e. The molecule has 2 heterocycles. The van der Waals surface area contributed by atoms with Crippen molar-refractivity contribution in [2.24, 2.45) is 0 Å². The second-order valence-electron chi connectivity index (χ2n) is 10.4. The van der Waals surface area contributed by atoms with Crippen LogP contribution in [0.25, 0.3) is 17.2 Å². The molecule has 5 rings (SSSR count). The van der Waals surface area contributed by atoms with Crippen molar-refractivity contribution >= 4 is 35.2 Å². The fraction of sp³-hybridized carbons (Fsp3) is 0.310. The van der Waals surface area contributed by atoms with Gasteiger partial charge in [0.05, 0.1) is 16.9 Å². The Hall–Kier alpha value is -2.94. The first-order chi connectivity index (χ1) is 17.6. The number of pyridine rings is 1. The van der Waals surface area contributed by atoms with E-state index in [4.69, 9.17) is 14.0 Å². The molecule has 2 aromatic carbocycles. The SMILES string of the molecule is CC1(C)OB(C(=Cc2ccc(Br)cn2)CNC(=O)OCC2c3ccccc3-c3ccccc32)OC1(C)C. The first-order valence-corrected chi connectivity index (χ1v) is 13.2. The van der Waals surface area contributed by atoms with Crippen LogP contribution in [0.5, 0.6) is 0 Å². The summed E-state index contributed by atoms with van der Waals surface area (Å²) < 4.78 is 19.1. The summed E-state index contributed by atoms with van der Waals surface area (Å²) in [5.74, 6) is 0.00299. The predicted molar refractivity (Wildman–Crippen MR) is 149 cm³/mol. The molecule has 1 fully saturated rings. The Morgan fingerprint density at radius 2 is 1.59 bits per heavy atom. The number of amides is 1. The Morgan fingerprint density at radius 1 is 1.00 bits per heavy atom. The molecule has 190 valence electrons. The van der Waals surface area contributed by atoms with E-state index in [1.165, 1.54) is 22.3 Å². The number of halogens is 1. The lowest BCUT2D eigenvalue weighted by Crippen LogP contribution is -2.41. The number of rotatable bonds is 6. The molecule has 1 aliphatic carbocycles. The maximum atomic E-state index is 12.8. The van der Waals surface area contributed by atoms with Gasteiger partial charge in [0.15, 0.2) is 0 Å². The van der Waals surface area contributed by atoms with Crippen LogP contribution in [0.4, 0.5) is 4.79 Å². The molecule has 0 radical (unpaired) electrons. The van der Waals surface area contributed by atoms with Gasteiger partial charge in [-0.3, -0.25) is 4.98 Å². The molecule has 1 N–H and O–H groups in total. The van der Waals surface area contributed by atoms with E-state index in [-0.39, 0.29) is 19.1 Å². The molecule has 0 atom stereocenters. The van der Waals surface area contributed by atoms with E-state index in [0.717, 1.165) is 15.6 Å². The maximum Gasteiger partial charge on any atom is 0.492 e. The van der Waals surface area contributed by atoms with Gasteiger partial charge >= 0.3 is 13.2 Å². The fourth-order valence-electron chi connectivity index (χ4n) is 4.68. The number of carbonyl (C=O) groups is 1. The Morgan fingerprint density at radius 3 is 2.16 bits per heavy atom. The number of fused-ring (bicyclic) bond motifs is 3. The van der Waals surface area contributed by atoms with Gasteiger partial charge < -0.3 is 19.4 Å². The van der Waals surface area contributed by atoms with Gasteiger partial charge in [-0.2, -0.15) is 0 Å². The molecular weight excluding hydrogens is 531 g/mol. The fourth-order valence-corrected chi connectivity index (χ4v) is 4.92. The number of aromatic nitrogens is 1. The normalized spacial score (nSPS) is 17.9. The van der Waals surface area contributed by atoms with Crippen LogP contribution in [0.3, 0.4) is 0 Å². The van der Waals surface area contributed by atoms with Gasteiger partial charge in [-0.25, -0.2) is 4.79 Å². The van der Waals surface area contributed by atoms with Crippen molar-refractivity contribution < 1.29 is 18.8 Å². The molecule has 1 saturated heterocycles. The molecule has 1 aromatic heterocycles. The lowest BCUT2D eigenvalue weighted by atomic mass is 9.77. The smallest absolute Gasteiger partial charge is 0.449 e. The molecule has 2 aliphatic rings. The van der Waals surface area contributed by atoms with E-state index in [1.807, 2.05) is 70.2 Å². The third kappa shape index (κ3) is 5.24. The van der Waals surface area contributed by atoms with Crippen LogP contribution >= 0.6 is 15.9 Å². The summed E-state index contributed by atoms with van der Waals surface area (Å²) in [6.07, 6.45) is 3.12. The highest BCUT2D eigenvalue weighted by Gasteiger charge is 2.52. The highest BCUT2D eigenvalue weighted by Crippen LogP contribution is 2.44. The minimum absolute atomic E-state index is 0.00299. The van der Waals surface area contributed by atoms with Crippen molar-refractivity contribution in [3.8, 4) is 11.1 Å². The molecule has 0 unspecified atom stereocenters. The summed E-state index contributed by atoms with van der Waals surface area (Å²) in [7, 11) is -0.621. The molecular formula is C29H30BBrN2O4. The minimum atomic E-state index is -0.621. The third-order valence-electron chi connectivity index (χ3n) is 7.42. The average Bonchev–Trinajstić information content (AvgIpc) is 3.30. The molecule has 8 heteroatoms. The molecule has 6 nitrogen and oxygen atoms in total. The Kier molecular flexibility index (Phi) is 7.00. The molecule has 1 aliphatic heterocycles. The van der Waals surface area contributed by atoms with E-state index >= 15 is 0 Å². The van der Waals surface area contributed by atoms with Gasteiger partial charge in [0.25, 0.3) is 0 Å². The van der Waals surface area contributed by atoms with E-state index in [1.54, 1.807) is 6.20 Å². The number of nitrogens with zero attached hydrogens (tertiary/aromatic N) is 1. The maximum absolute atomic E-state index is 12.8. The second-order valence-corrected chi connectivity index (χ2v) is 11.3. The first kappa shape index (κ1) is 25.7. The van der Waals surface area contributed by atoms with Crippen LogP contribution in [0.2, 0.25) is 0 Å². The number of hydrogen-bond acceptors (Lipinski definition) is 5. The quantitative estimate of drug-likeness (QED) is 0.353. The minimum Gasteiger partial charge on any atom is -0.449 e. The van der Waals surface area contributed by atoms with Crippen molar-refractivity contribution in [3.05, 3.63) is 93.6 Å². The van der Waals surface area contributed by atoms with Crippen LogP contribution in [-0.2, 0) is 14.0 Å². The van der Waals surface area contributed by atoms with Gasteiger partial charge in [-0.15, -0.1) is 0 Å². The summed E-state index contributed by atoms with van der Waals surface area (Å²) in [4.78, 5) is 17.3. The Balaban J connectivity index is 1.29. The summed E-state index contributed by atoms with van der Waals surface area (Å²) >= 11 is 3.42. The number of alkyl carbamates (subject to hydrolysis) is 1. The second kappa shape index (κ2) is 10.1. The van der Waals surface area contributed by atoms with Crippen molar-refractivity contribution in [1.29, 1.82) is 0 Å². The number of carbonyl (C=O) groups excluding carboxylic acids is 1. The van der Waals surface area contributed by atoms with E-state index in [0.29, 0.717) is 0 Å². The summed E-state index contributed by atoms with van der Waals surface area (Å²) in [5, 5.41) is 2.89. The van der Waals surface area contributed by atoms with Crippen LogP contribution < -0.4 is 5.32 Å². The average molecular weight is 561 g/mol. The van der Waals surface area contributed by atoms with Crippen LogP contribution in [0.15, 0.2) is 76.8 Å². The van der Waals surface area contributed by atoms with Crippen LogP contribution in [-0.4, -0.2) is 42.5 Å². The van der Waals surface area contributed by atoms with E-state index in [9.17, 15) is 4.79 Å². The lowest BCUT2D eigenvalue weighted by Gasteiger charge is -2.32. The van der Waals surface area contributed by atoms with Gasteiger partial charge in [0.1, 0.15) is 6.61 Å². The third-order valence-corrected chi connectivity index (χ3v) is 7.89. The molecule has 3 aromatic rings. The molecule has 0 bridgehead atoms. The van der Waals surface area contributed by atoms with Gasteiger partial charge in [0.2, 0.25) is 0 Å². The number of ether oxygens (including phenoxy) is 1. The summed E-state index contributed by atoms with van der Waals surface area (Å²) in [5.41, 5.74) is 5.22. The topological polar surface area (TPSA) is 69.7 Å². The van der Waals surface area contributed by atoms with Gasteiger partial charge in [-0.1, -0.05) is 48.5 Å². The van der Waals surface area contributed by atoms with Gasteiger partial charge in [0, 0.05) is 23.1 Å². The molecule has 1 amide bonds. The Bertz CT molecular complexity index is 1280. The van der Waals surface area contributed by atoms with Crippen molar-refractivity contribution in [2.45, 2.75) is 44.8 Å². The lowest BCUT2D eigenvalue weighted by molar-refractivity contribution is 0.00578. The highest BCUT2D eigenvalue weighted by atomic mass is 79.9. The zero-order valence-electron chi connectivity index (χ0n) is 21.5.